The number of hydrogen-bond donors (Lipinski definition) is 2. The highest BCUT2D eigenvalue weighted by atomic mass is 32.1. The molecule has 1 aromatic carbocycles. The van der Waals surface area contributed by atoms with Gasteiger partial charge in [0.1, 0.15) is 0 Å². The molecular formula is C13H17F2N3O2S. The third-order valence-corrected chi connectivity index (χ3v) is 2.97. The van der Waals surface area contributed by atoms with E-state index in [9.17, 15) is 8.78 Å². The molecule has 1 heterocycles. The van der Waals surface area contributed by atoms with Gasteiger partial charge in [-0.1, -0.05) is 0 Å². The Morgan fingerprint density at radius 3 is 2.71 bits per heavy atom. The standard InChI is InChI=1S/C13H17F2N3O2S/c1-18(2)7-3-6-16-12(21)17-9-4-5-10-11(8-9)20-13(14,15)19-10/h4-5,8H,3,6-7H2,1-2H3,(H2,16,17,21). The maximum absolute atomic E-state index is 12.9. The molecule has 0 radical (unpaired) electrons. The summed E-state index contributed by atoms with van der Waals surface area (Å²) in [4.78, 5) is 2.08. The Labute approximate surface area is 127 Å². The molecule has 0 atom stereocenters. The number of benzene rings is 1. The first-order valence-electron chi connectivity index (χ1n) is 6.45. The van der Waals surface area contributed by atoms with Gasteiger partial charge in [0.25, 0.3) is 0 Å². The predicted octanol–water partition coefficient (Wildman–Crippen LogP) is 2.25. The van der Waals surface area contributed by atoms with E-state index >= 15 is 0 Å². The Bertz CT molecular complexity index is 526. The third kappa shape index (κ3) is 4.68. The molecule has 0 bridgehead atoms. The zero-order chi connectivity index (χ0) is 15.5. The average molecular weight is 317 g/mol. The van der Waals surface area contributed by atoms with Crippen LogP contribution < -0.4 is 20.1 Å². The van der Waals surface area contributed by atoms with Crippen LogP contribution in [0.15, 0.2) is 18.2 Å². The van der Waals surface area contributed by atoms with Gasteiger partial charge < -0.3 is 25.0 Å². The number of nitrogens with one attached hydrogen (secondary N) is 2. The van der Waals surface area contributed by atoms with Crippen molar-refractivity contribution in [3.63, 3.8) is 0 Å². The molecule has 0 spiro atoms. The summed E-state index contributed by atoms with van der Waals surface area (Å²) in [6.07, 6.45) is -2.66. The Kier molecular flexibility index (Phi) is 4.79. The molecule has 2 N–H and O–H groups in total. The molecule has 0 aliphatic carbocycles. The van der Waals surface area contributed by atoms with Crippen LogP contribution in [0, 0.1) is 0 Å². The van der Waals surface area contributed by atoms with Crippen molar-refractivity contribution in [3.8, 4) is 11.5 Å². The maximum atomic E-state index is 12.9. The van der Waals surface area contributed by atoms with Crippen molar-refractivity contribution in [1.29, 1.82) is 0 Å². The Hall–Kier alpha value is -1.67. The first kappa shape index (κ1) is 15.7. The monoisotopic (exact) mass is 317 g/mol. The molecule has 5 nitrogen and oxygen atoms in total. The van der Waals surface area contributed by atoms with E-state index in [1.165, 1.54) is 12.1 Å². The van der Waals surface area contributed by atoms with Crippen LogP contribution in [-0.2, 0) is 0 Å². The average Bonchev–Trinajstić information content (AvgIpc) is 2.67. The van der Waals surface area contributed by atoms with E-state index in [0.717, 1.165) is 19.5 Å². The van der Waals surface area contributed by atoms with Gasteiger partial charge in [-0.3, -0.25) is 0 Å². The molecular weight excluding hydrogens is 300 g/mol. The van der Waals surface area contributed by atoms with Gasteiger partial charge in [-0.05, 0) is 51.4 Å². The summed E-state index contributed by atoms with van der Waals surface area (Å²) in [7, 11) is 4.00. The summed E-state index contributed by atoms with van der Waals surface area (Å²) in [5, 5.41) is 6.39. The van der Waals surface area contributed by atoms with Crippen molar-refractivity contribution >= 4 is 23.0 Å². The number of fused-ring (bicyclic) bond motifs is 1. The summed E-state index contributed by atoms with van der Waals surface area (Å²) >= 11 is 5.13. The van der Waals surface area contributed by atoms with Crippen LogP contribution in [-0.4, -0.2) is 43.5 Å². The second-order valence-electron chi connectivity index (χ2n) is 4.87. The minimum absolute atomic E-state index is 0.00964. The smallest absolute Gasteiger partial charge is 0.395 e. The lowest BCUT2D eigenvalue weighted by Gasteiger charge is -2.12. The van der Waals surface area contributed by atoms with Crippen molar-refractivity contribution in [2.24, 2.45) is 0 Å². The highest BCUT2D eigenvalue weighted by Crippen LogP contribution is 2.42. The number of thiocarbonyl (C=S) groups is 1. The molecule has 0 unspecified atom stereocenters. The Balaban J connectivity index is 1.83. The van der Waals surface area contributed by atoms with Crippen LogP contribution in [0.4, 0.5) is 14.5 Å². The van der Waals surface area contributed by atoms with Crippen LogP contribution in [0.2, 0.25) is 0 Å². The van der Waals surface area contributed by atoms with E-state index in [4.69, 9.17) is 12.2 Å². The summed E-state index contributed by atoms with van der Waals surface area (Å²) in [5.41, 5.74) is 0.556. The molecule has 21 heavy (non-hydrogen) atoms. The number of anilines is 1. The summed E-state index contributed by atoms with van der Waals surface area (Å²) < 4.78 is 34.5. The van der Waals surface area contributed by atoms with Gasteiger partial charge in [0.15, 0.2) is 16.6 Å². The molecule has 0 saturated heterocycles. The molecule has 116 valence electrons. The number of ether oxygens (including phenoxy) is 2. The molecule has 0 amide bonds. The van der Waals surface area contributed by atoms with E-state index in [1.807, 2.05) is 14.1 Å². The molecule has 0 saturated carbocycles. The Morgan fingerprint density at radius 1 is 1.29 bits per heavy atom. The van der Waals surface area contributed by atoms with Crippen molar-refractivity contribution in [3.05, 3.63) is 18.2 Å². The topological polar surface area (TPSA) is 45.8 Å². The largest absolute Gasteiger partial charge is 0.586 e. The highest BCUT2D eigenvalue weighted by molar-refractivity contribution is 7.80. The van der Waals surface area contributed by atoms with Crippen molar-refractivity contribution in [2.75, 3.05) is 32.5 Å². The van der Waals surface area contributed by atoms with Crippen LogP contribution in [0.3, 0.4) is 0 Å². The van der Waals surface area contributed by atoms with E-state index in [-0.39, 0.29) is 11.5 Å². The van der Waals surface area contributed by atoms with Gasteiger partial charge >= 0.3 is 6.29 Å². The SMILES string of the molecule is CN(C)CCCNC(=S)Nc1ccc2c(c1)OC(F)(F)O2. The van der Waals surface area contributed by atoms with Gasteiger partial charge in [-0.15, -0.1) is 8.78 Å². The number of rotatable bonds is 5. The van der Waals surface area contributed by atoms with E-state index in [0.29, 0.717) is 10.8 Å². The molecule has 1 aliphatic heterocycles. The van der Waals surface area contributed by atoms with Gasteiger partial charge in [-0.25, -0.2) is 0 Å². The number of hydrogen-bond acceptors (Lipinski definition) is 4. The zero-order valence-electron chi connectivity index (χ0n) is 11.8. The van der Waals surface area contributed by atoms with Crippen LogP contribution >= 0.6 is 12.2 Å². The molecule has 8 heteroatoms. The van der Waals surface area contributed by atoms with Gasteiger partial charge in [0, 0.05) is 18.3 Å². The molecule has 0 aromatic heterocycles. The van der Waals surface area contributed by atoms with E-state index in [1.54, 1.807) is 6.07 Å². The summed E-state index contributed by atoms with van der Waals surface area (Å²) in [6.45, 7) is 1.68. The molecule has 0 fully saturated rings. The number of halogens is 2. The minimum atomic E-state index is -3.61. The fraction of sp³-hybridized carbons (Fsp3) is 0.462. The first-order valence-corrected chi connectivity index (χ1v) is 6.86. The second-order valence-corrected chi connectivity index (χ2v) is 5.27. The molecule has 2 rings (SSSR count). The van der Waals surface area contributed by atoms with Crippen LogP contribution in [0.5, 0.6) is 11.5 Å². The third-order valence-electron chi connectivity index (χ3n) is 2.73. The first-order chi connectivity index (χ1) is 9.85. The van der Waals surface area contributed by atoms with Crippen molar-refractivity contribution in [1.82, 2.24) is 10.2 Å². The fourth-order valence-corrected chi connectivity index (χ4v) is 2.02. The lowest BCUT2D eigenvalue weighted by molar-refractivity contribution is -0.286. The lowest BCUT2D eigenvalue weighted by Crippen LogP contribution is -2.30. The van der Waals surface area contributed by atoms with Gasteiger partial charge in [-0.2, -0.15) is 0 Å². The Morgan fingerprint density at radius 2 is 2.00 bits per heavy atom. The summed E-state index contributed by atoms with van der Waals surface area (Å²) in [6, 6.07) is 4.43. The van der Waals surface area contributed by atoms with Crippen molar-refractivity contribution in [2.45, 2.75) is 12.7 Å². The number of nitrogens with zero attached hydrogens (tertiary/aromatic N) is 1. The number of alkyl halides is 2. The second kappa shape index (κ2) is 6.40. The summed E-state index contributed by atoms with van der Waals surface area (Å²) in [5.74, 6) is -0.00387. The zero-order valence-corrected chi connectivity index (χ0v) is 12.6. The van der Waals surface area contributed by atoms with E-state index < -0.39 is 6.29 Å². The normalized spacial score (nSPS) is 15.1. The van der Waals surface area contributed by atoms with Gasteiger partial charge in [0.05, 0.1) is 0 Å². The predicted molar refractivity (Wildman–Crippen MR) is 80.0 cm³/mol. The molecule has 1 aliphatic rings. The fourth-order valence-electron chi connectivity index (χ4n) is 1.80. The lowest BCUT2D eigenvalue weighted by atomic mass is 10.3. The van der Waals surface area contributed by atoms with Crippen molar-refractivity contribution < 1.29 is 18.3 Å². The highest BCUT2D eigenvalue weighted by Gasteiger charge is 2.43. The van der Waals surface area contributed by atoms with Crippen LogP contribution in [0.1, 0.15) is 6.42 Å². The minimum Gasteiger partial charge on any atom is -0.395 e. The van der Waals surface area contributed by atoms with E-state index in [2.05, 4.69) is 25.0 Å². The maximum Gasteiger partial charge on any atom is 0.586 e. The van der Waals surface area contributed by atoms with Gasteiger partial charge in [0.2, 0.25) is 0 Å². The molecule has 1 aromatic rings. The quantitative estimate of drug-likeness (QED) is 0.641. The van der Waals surface area contributed by atoms with Crippen LogP contribution in [0.25, 0.3) is 0 Å².